The highest BCUT2D eigenvalue weighted by Gasteiger charge is 2.14. The molecule has 0 fully saturated rings. The van der Waals surface area contributed by atoms with Crippen molar-refractivity contribution in [2.45, 2.75) is 26.4 Å². The molecule has 1 N–H and O–H groups in total. The lowest BCUT2D eigenvalue weighted by molar-refractivity contribution is 0.596. The highest BCUT2D eigenvalue weighted by atomic mass is 79.9. The molecule has 2 rings (SSSR count). The van der Waals surface area contributed by atoms with Gasteiger partial charge in [-0.3, -0.25) is 0 Å². The molecule has 0 aliphatic carbocycles. The molecule has 0 amide bonds. The van der Waals surface area contributed by atoms with Crippen molar-refractivity contribution in [1.29, 1.82) is 0 Å². The van der Waals surface area contributed by atoms with Crippen LogP contribution < -0.4 is 10.2 Å². The normalized spacial score (nSPS) is 12.4. The molecule has 0 spiro atoms. The highest BCUT2D eigenvalue weighted by molar-refractivity contribution is 9.10. The minimum atomic E-state index is 0.346. The summed E-state index contributed by atoms with van der Waals surface area (Å²) in [6.45, 7) is 6.28. The molecule has 20 heavy (non-hydrogen) atoms. The summed E-state index contributed by atoms with van der Waals surface area (Å²) >= 11 is 5.39. The number of hydrogen-bond acceptors (Lipinski definition) is 3. The zero-order valence-electron chi connectivity index (χ0n) is 12.2. The molecule has 108 valence electrons. The predicted octanol–water partition coefficient (Wildman–Crippen LogP) is 4.82. The van der Waals surface area contributed by atoms with Gasteiger partial charge < -0.3 is 10.2 Å². The molecule has 0 bridgehead atoms. The van der Waals surface area contributed by atoms with E-state index in [9.17, 15) is 0 Å². The Morgan fingerprint density at radius 1 is 1.35 bits per heavy atom. The van der Waals surface area contributed by atoms with E-state index in [4.69, 9.17) is 0 Å². The van der Waals surface area contributed by atoms with E-state index < -0.39 is 0 Å². The van der Waals surface area contributed by atoms with Crippen molar-refractivity contribution in [2.75, 3.05) is 18.5 Å². The van der Waals surface area contributed by atoms with E-state index in [0.717, 1.165) is 17.6 Å². The Morgan fingerprint density at radius 3 is 2.80 bits per heavy atom. The number of benzene rings is 1. The fraction of sp³-hybridized carbons (Fsp3) is 0.375. The van der Waals surface area contributed by atoms with E-state index >= 15 is 0 Å². The Bertz CT molecular complexity index is 539. The summed E-state index contributed by atoms with van der Waals surface area (Å²) in [7, 11) is 2.16. The van der Waals surface area contributed by atoms with E-state index in [0.29, 0.717) is 6.04 Å². The van der Waals surface area contributed by atoms with Crippen LogP contribution in [0.25, 0.3) is 0 Å². The van der Waals surface area contributed by atoms with Crippen molar-refractivity contribution in [3.05, 3.63) is 50.6 Å². The van der Waals surface area contributed by atoms with Gasteiger partial charge in [-0.25, -0.2) is 0 Å². The summed E-state index contributed by atoms with van der Waals surface area (Å²) in [5.74, 6) is 0. The number of anilines is 1. The third-order valence-corrected chi connectivity index (χ3v) is 4.71. The molecule has 0 radical (unpaired) electrons. The van der Waals surface area contributed by atoms with Crippen LogP contribution in [0.15, 0.2) is 40.2 Å². The van der Waals surface area contributed by atoms with Crippen LogP contribution in [0.4, 0.5) is 5.69 Å². The summed E-state index contributed by atoms with van der Waals surface area (Å²) in [6.07, 6.45) is 0. The molecule has 0 aliphatic heterocycles. The zero-order chi connectivity index (χ0) is 14.5. The monoisotopic (exact) mass is 352 g/mol. The number of hydrogen-bond donors (Lipinski definition) is 1. The third kappa shape index (κ3) is 3.84. The van der Waals surface area contributed by atoms with E-state index in [1.165, 1.54) is 16.1 Å². The molecule has 1 aromatic carbocycles. The van der Waals surface area contributed by atoms with Gasteiger partial charge in [0.15, 0.2) is 0 Å². The summed E-state index contributed by atoms with van der Waals surface area (Å²) in [4.78, 5) is 3.71. The Balaban J connectivity index is 2.25. The Morgan fingerprint density at radius 2 is 2.15 bits per heavy atom. The van der Waals surface area contributed by atoms with Gasteiger partial charge in [-0.1, -0.05) is 28.9 Å². The van der Waals surface area contributed by atoms with Crippen LogP contribution in [0, 0.1) is 0 Å². The SMILES string of the molecule is CCNC(C)c1cc(Br)ccc1N(C)Cc1cccs1. The van der Waals surface area contributed by atoms with Crippen LogP contribution in [0.5, 0.6) is 0 Å². The van der Waals surface area contributed by atoms with Crippen molar-refractivity contribution >= 4 is 33.0 Å². The molecule has 1 unspecified atom stereocenters. The van der Waals surface area contributed by atoms with Gasteiger partial charge in [0.2, 0.25) is 0 Å². The lowest BCUT2D eigenvalue weighted by atomic mass is 10.1. The molecular formula is C16H21BrN2S. The molecular weight excluding hydrogens is 332 g/mol. The summed E-state index contributed by atoms with van der Waals surface area (Å²) in [5, 5.41) is 5.63. The molecule has 1 atom stereocenters. The summed E-state index contributed by atoms with van der Waals surface area (Å²) in [5.41, 5.74) is 2.62. The number of nitrogens with zero attached hydrogens (tertiary/aromatic N) is 1. The van der Waals surface area contributed by atoms with Crippen LogP contribution in [0.2, 0.25) is 0 Å². The number of halogens is 1. The maximum Gasteiger partial charge on any atom is 0.0519 e. The third-order valence-electron chi connectivity index (χ3n) is 3.35. The van der Waals surface area contributed by atoms with Crippen LogP contribution in [-0.4, -0.2) is 13.6 Å². The quantitative estimate of drug-likeness (QED) is 0.801. The molecule has 0 saturated heterocycles. The molecule has 2 aromatic rings. The topological polar surface area (TPSA) is 15.3 Å². The van der Waals surface area contributed by atoms with Gasteiger partial charge in [-0.05, 0) is 48.7 Å². The number of rotatable bonds is 6. The summed E-state index contributed by atoms with van der Waals surface area (Å²) < 4.78 is 1.13. The minimum Gasteiger partial charge on any atom is -0.369 e. The van der Waals surface area contributed by atoms with Crippen molar-refractivity contribution in [1.82, 2.24) is 5.32 Å². The van der Waals surface area contributed by atoms with Gasteiger partial charge in [0, 0.05) is 28.1 Å². The molecule has 0 aliphatic rings. The fourth-order valence-corrected chi connectivity index (χ4v) is 3.49. The van der Waals surface area contributed by atoms with Gasteiger partial charge in [-0.15, -0.1) is 11.3 Å². The van der Waals surface area contributed by atoms with E-state index in [1.807, 2.05) is 11.3 Å². The molecule has 1 aromatic heterocycles. The predicted molar refractivity (Wildman–Crippen MR) is 92.7 cm³/mol. The van der Waals surface area contributed by atoms with Gasteiger partial charge in [0.1, 0.15) is 0 Å². The lowest BCUT2D eigenvalue weighted by Gasteiger charge is -2.25. The average Bonchev–Trinajstić information content (AvgIpc) is 2.91. The second-order valence-corrected chi connectivity index (χ2v) is 6.87. The van der Waals surface area contributed by atoms with E-state index in [2.05, 4.69) is 82.8 Å². The maximum atomic E-state index is 3.58. The van der Waals surface area contributed by atoms with Crippen molar-refractivity contribution in [2.24, 2.45) is 0 Å². The summed E-state index contributed by atoms with van der Waals surface area (Å²) in [6, 6.07) is 11.2. The second-order valence-electron chi connectivity index (χ2n) is 4.92. The fourth-order valence-electron chi connectivity index (χ4n) is 2.36. The second kappa shape index (κ2) is 7.25. The van der Waals surface area contributed by atoms with Crippen LogP contribution in [-0.2, 0) is 6.54 Å². The standard InChI is InChI=1S/C16H21BrN2S/c1-4-18-12(2)15-10-13(17)7-8-16(15)19(3)11-14-6-5-9-20-14/h5-10,12,18H,4,11H2,1-3H3. The van der Waals surface area contributed by atoms with Crippen LogP contribution in [0.1, 0.15) is 30.3 Å². The average molecular weight is 353 g/mol. The Kier molecular flexibility index (Phi) is 5.64. The minimum absolute atomic E-state index is 0.346. The lowest BCUT2D eigenvalue weighted by Crippen LogP contribution is -2.23. The smallest absolute Gasteiger partial charge is 0.0519 e. The van der Waals surface area contributed by atoms with Crippen molar-refractivity contribution < 1.29 is 0 Å². The van der Waals surface area contributed by atoms with Crippen molar-refractivity contribution in [3.8, 4) is 0 Å². The zero-order valence-corrected chi connectivity index (χ0v) is 14.6. The van der Waals surface area contributed by atoms with Gasteiger partial charge in [0.25, 0.3) is 0 Å². The molecule has 2 nitrogen and oxygen atoms in total. The van der Waals surface area contributed by atoms with Gasteiger partial charge in [0.05, 0.1) is 6.54 Å². The largest absolute Gasteiger partial charge is 0.369 e. The maximum absolute atomic E-state index is 3.58. The van der Waals surface area contributed by atoms with Crippen LogP contribution in [0.3, 0.4) is 0 Å². The molecule has 4 heteroatoms. The number of thiophene rings is 1. The molecule has 1 heterocycles. The Hall–Kier alpha value is -0.840. The first-order chi connectivity index (χ1) is 9.61. The van der Waals surface area contributed by atoms with Crippen LogP contribution >= 0.6 is 27.3 Å². The van der Waals surface area contributed by atoms with Gasteiger partial charge in [-0.2, -0.15) is 0 Å². The first-order valence-corrected chi connectivity index (χ1v) is 8.55. The first kappa shape index (κ1) is 15.5. The molecule has 0 saturated carbocycles. The van der Waals surface area contributed by atoms with Crippen molar-refractivity contribution in [3.63, 3.8) is 0 Å². The van der Waals surface area contributed by atoms with E-state index in [-0.39, 0.29) is 0 Å². The highest BCUT2D eigenvalue weighted by Crippen LogP contribution is 2.30. The Labute approximate surface area is 133 Å². The first-order valence-electron chi connectivity index (χ1n) is 6.88. The number of nitrogens with one attached hydrogen (secondary N) is 1. The van der Waals surface area contributed by atoms with Gasteiger partial charge >= 0.3 is 0 Å². The van der Waals surface area contributed by atoms with E-state index in [1.54, 1.807) is 0 Å².